The molecular formula is C17H24N4. The molecule has 1 aliphatic heterocycles. The molecule has 21 heavy (non-hydrogen) atoms. The van der Waals surface area contributed by atoms with E-state index in [-0.39, 0.29) is 0 Å². The summed E-state index contributed by atoms with van der Waals surface area (Å²) >= 11 is 0. The molecule has 0 aliphatic carbocycles. The molecule has 1 aliphatic rings. The predicted molar refractivity (Wildman–Crippen MR) is 87.6 cm³/mol. The van der Waals surface area contributed by atoms with Crippen LogP contribution in [0.1, 0.15) is 26.2 Å². The molecule has 0 amide bonds. The van der Waals surface area contributed by atoms with E-state index in [0.29, 0.717) is 0 Å². The van der Waals surface area contributed by atoms with Crippen LogP contribution in [-0.2, 0) is 0 Å². The van der Waals surface area contributed by atoms with E-state index in [1.54, 1.807) is 6.33 Å². The molecule has 1 aromatic heterocycles. The number of anilines is 1. The molecule has 4 nitrogen and oxygen atoms in total. The Labute approximate surface area is 126 Å². The van der Waals surface area contributed by atoms with Crippen LogP contribution in [-0.4, -0.2) is 36.1 Å². The summed E-state index contributed by atoms with van der Waals surface area (Å²) < 4.78 is 0. The molecule has 1 fully saturated rings. The summed E-state index contributed by atoms with van der Waals surface area (Å²) in [5.41, 5.74) is 1.03. The number of aromatic nitrogens is 2. The van der Waals surface area contributed by atoms with Crippen molar-refractivity contribution in [1.29, 1.82) is 0 Å². The van der Waals surface area contributed by atoms with Crippen molar-refractivity contribution in [2.24, 2.45) is 5.92 Å². The average Bonchev–Trinajstić information content (AvgIpc) is 2.55. The molecule has 1 saturated heterocycles. The minimum Gasteiger partial charge on any atom is -0.356 e. The normalized spacial score (nSPS) is 18.8. The fourth-order valence-electron chi connectivity index (χ4n) is 3.19. The molecule has 0 radical (unpaired) electrons. The van der Waals surface area contributed by atoms with Crippen LogP contribution in [0, 0.1) is 5.92 Å². The zero-order valence-electron chi connectivity index (χ0n) is 12.8. The van der Waals surface area contributed by atoms with Crippen LogP contribution in [0.15, 0.2) is 30.6 Å². The van der Waals surface area contributed by atoms with Gasteiger partial charge in [-0.15, -0.1) is 0 Å². The lowest BCUT2D eigenvalue weighted by molar-refractivity contribution is 0.376. The Balaban J connectivity index is 1.87. The van der Waals surface area contributed by atoms with Crippen LogP contribution in [0.25, 0.3) is 10.9 Å². The van der Waals surface area contributed by atoms with Crippen molar-refractivity contribution in [3.05, 3.63) is 30.6 Å². The maximum absolute atomic E-state index is 4.59. The Morgan fingerprint density at radius 2 is 2.19 bits per heavy atom. The monoisotopic (exact) mass is 284 g/mol. The topological polar surface area (TPSA) is 41.0 Å². The first kappa shape index (κ1) is 14.3. The second-order valence-corrected chi connectivity index (χ2v) is 5.87. The van der Waals surface area contributed by atoms with Gasteiger partial charge in [0.05, 0.1) is 5.52 Å². The largest absolute Gasteiger partial charge is 0.356 e. The molecule has 1 N–H and O–H groups in total. The van der Waals surface area contributed by atoms with Crippen molar-refractivity contribution in [1.82, 2.24) is 15.3 Å². The quantitative estimate of drug-likeness (QED) is 0.916. The Bertz CT molecular complexity index is 573. The van der Waals surface area contributed by atoms with Crippen LogP contribution in [0.4, 0.5) is 5.82 Å². The highest BCUT2D eigenvalue weighted by atomic mass is 15.2. The van der Waals surface area contributed by atoms with Crippen molar-refractivity contribution in [3.63, 3.8) is 0 Å². The lowest BCUT2D eigenvalue weighted by Gasteiger charge is -2.31. The van der Waals surface area contributed by atoms with Gasteiger partial charge in [-0.2, -0.15) is 0 Å². The van der Waals surface area contributed by atoms with Crippen LogP contribution >= 0.6 is 0 Å². The van der Waals surface area contributed by atoms with Gasteiger partial charge in [0, 0.05) is 18.5 Å². The van der Waals surface area contributed by atoms with Crippen molar-refractivity contribution in [2.75, 3.05) is 31.1 Å². The Kier molecular flexibility index (Phi) is 4.65. The Morgan fingerprint density at radius 3 is 3.00 bits per heavy atom. The maximum Gasteiger partial charge on any atom is 0.139 e. The summed E-state index contributed by atoms with van der Waals surface area (Å²) in [5.74, 6) is 1.81. The van der Waals surface area contributed by atoms with Gasteiger partial charge in [-0.25, -0.2) is 9.97 Å². The first-order chi connectivity index (χ1) is 10.4. The van der Waals surface area contributed by atoms with Gasteiger partial charge in [-0.1, -0.05) is 19.1 Å². The Morgan fingerprint density at radius 1 is 1.29 bits per heavy atom. The maximum atomic E-state index is 4.59. The minimum atomic E-state index is 0.721. The molecule has 0 spiro atoms. The number of nitrogens with zero attached hydrogens (tertiary/aromatic N) is 3. The third-order valence-corrected chi connectivity index (χ3v) is 4.19. The van der Waals surface area contributed by atoms with Crippen molar-refractivity contribution < 1.29 is 0 Å². The molecule has 0 bridgehead atoms. The van der Waals surface area contributed by atoms with Gasteiger partial charge in [0.2, 0.25) is 0 Å². The highest BCUT2D eigenvalue weighted by molar-refractivity contribution is 5.89. The summed E-state index contributed by atoms with van der Waals surface area (Å²) in [5, 5.41) is 4.68. The van der Waals surface area contributed by atoms with E-state index in [1.165, 1.54) is 19.4 Å². The fourth-order valence-corrected chi connectivity index (χ4v) is 3.19. The average molecular weight is 284 g/mol. The van der Waals surface area contributed by atoms with Crippen LogP contribution < -0.4 is 10.2 Å². The number of piperidine rings is 1. The minimum absolute atomic E-state index is 0.721. The van der Waals surface area contributed by atoms with Crippen LogP contribution in [0.2, 0.25) is 0 Å². The SMILES string of the molecule is CCCN(CC1CCCNC1)c1ncnc2ccccc12. The summed E-state index contributed by atoms with van der Waals surface area (Å²) in [7, 11) is 0. The van der Waals surface area contributed by atoms with Gasteiger partial charge >= 0.3 is 0 Å². The number of fused-ring (bicyclic) bond motifs is 1. The second-order valence-electron chi connectivity index (χ2n) is 5.87. The van der Waals surface area contributed by atoms with Crippen molar-refractivity contribution in [2.45, 2.75) is 26.2 Å². The van der Waals surface area contributed by atoms with Crippen LogP contribution in [0.5, 0.6) is 0 Å². The highest BCUT2D eigenvalue weighted by Gasteiger charge is 2.19. The van der Waals surface area contributed by atoms with E-state index >= 15 is 0 Å². The molecule has 1 aromatic carbocycles. The molecule has 2 aromatic rings. The van der Waals surface area contributed by atoms with E-state index in [4.69, 9.17) is 0 Å². The van der Waals surface area contributed by atoms with Crippen LogP contribution in [0.3, 0.4) is 0 Å². The standard InChI is InChI=1S/C17H24N4/c1-2-10-21(12-14-6-5-9-18-11-14)17-15-7-3-4-8-16(15)19-13-20-17/h3-4,7-8,13-14,18H,2,5-6,9-12H2,1H3. The van der Waals surface area contributed by atoms with E-state index in [1.807, 2.05) is 6.07 Å². The first-order valence-electron chi connectivity index (χ1n) is 8.04. The molecule has 112 valence electrons. The predicted octanol–water partition coefficient (Wildman–Crippen LogP) is 2.85. The molecule has 3 rings (SSSR count). The molecule has 4 heteroatoms. The summed E-state index contributed by atoms with van der Waals surface area (Å²) in [6.45, 7) is 6.67. The zero-order chi connectivity index (χ0) is 14.5. The van der Waals surface area contributed by atoms with Crippen molar-refractivity contribution >= 4 is 16.7 Å². The summed E-state index contributed by atoms with van der Waals surface area (Å²) in [4.78, 5) is 11.4. The van der Waals surface area contributed by atoms with Gasteiger partial charge in [0.15, 0.2) is 0 Å². The number of rotatable bonds is 5. The van der Waals surface area contributed by atoms with Gasteiger partial charge in [-0.05, 0) is 50.4 Å². The molecule has 1 unspecified atom stereocenters. The van der Waals surface area contributed by atoms with E-state index in [2.05, 4.69) is 45.3 Å². The van der Waals surface area contributed by atoms with Crippen molar-refractivity contribution in [3.8, 4) is 0 Å². The molecule has 2 heterocycles. The van der Waals surface area contributed by atoms with E-state index < -0.39 is 0 Å². The number of hydrogen-bond donors (Lipinski definition) is 1. The summed E-state index contributed by atoms with van der Waals surface area (Å²) in [6, 6.07) is 8.30. The zero-order valence-corrected chi connectivity index (χ0v) is 12.8. The second kappa shape index (κ2) is 6.85. The van der Waals surface area contributed by atoms with Gasteiger partial charge in [0.25, 0.3) is 0 Å². The molecular weight excluding hydrogens is 260 g/mol. The van der Waals surface area contributed by atoms with Gasteiger partial charge in [-0.3, -0.25) is 0 Å². The lowest BCUT2D eigenvalue weighted by atomic mass is 9.99. The number of nitrogens with one attached hydrogen (secondary N) is 1. The Hall–Kier alpha value is -1.68. The highest BCUT2D eigenvalue weighted by Crippen LogP contribution is 2.24. The van der Waals surface area contributed by atoms with Gasteiger partial charge in [0.1, 0.15) is 12.1 Å². The fraction of sp³-hybridized carbons (Fsp3) is 0.529. The third kappa shape index (κ3) is 3.32. The molecule has 1 atom stereocenters. The van der Waals surface area contributed by atoms with Gasteiger partial charge < -0.3 is 10.2 Å². The lowest BCUT2D eigenvalue weighted by Crippen LogP contribution is -2.39. The van der Waals surface area contributed by atoms with E-state index in [9.17, 15) is 0 Å². The number of hydrogen-bond acceptors (Lipinski definition) is 4. The smallest absolute Gasteiger partial charge is 0.139 e. The molecule has 0 saturated carbocycles. The third-order valence-electron chi connectivity index (χ3n) is 4.19. The number of benzene rings is 1. The van der Waals surface area contributed by atoms with E-state index in [0.717, 1.165) is 48.7 Å². The number of para-hydroxylation sites is 1. The summed E-state index contributed by atoms with van der Waals surface area (Å²) in [6.07, 6.45) is 5.43. The first-order valence-corrected chi connectivity index (χ1v) is 8.04.